The zero-order chi connectivity index (χ0) is 21.2. The van der Waals surface area contributed by atoms with Crippen LogP contribution in [0.2, 0.25) is 0 Å². The lowest BCUT2D eigenvalue weighted by atomic mass is 9.90. The molecule has 2 N–H and O–H groups in total. The number of halogens is 4. The Morgan fingerprint density at radius 2 is 1.86 bits per heavy atom. The van der Waals surface area contributed by atoms with Gasteiger partial charge in [0.1, 0.15) is 5.82 Å². The van der Waals surface area contributed by atoms with E-state index in [1.165, 1.54) is 18.2 Å². The topological polar surface area (TPSA) is 88.0 Å². The van der Waals surface area contributed by atoms with Crippen LogP contribution in [0.15, 0.2) is 53.7 Å². The monoisotopic (exact) mass is 410 g/mol. The standard InChI is InChI=1S/C19H14F4N2O4/c20-13-6-4-11(5-7-13)15-9-18(29-25-15,10-16(26)27)17(28)24-14-3-1-2-12(8-14)19(21,22)23/h1-8H,9-10H2,(H,24,28)(H,26,27). The highest BCUT2D eigenvalue weighted by Crippen LogP contribution is 2.34. The number of carbonyl (C=O) groups excluding carboxylic acids is 1. The van der Waals surface area contributed by atoms with E-state index in [0.717, 1.165) is 30.3 Å². The van der Waals surface area contributed by atoms with Crippen molar-refractivity contribution >= 4 is 23.3 Å². The molecule has 10 heteroatoms. The molecular weight excluding hydrogens is 396 g/mol. The van der Waals surface area contributed by atoms with E-state index in [-0.39, 0.29) is 17.8 Å². The van der Waals surface area contributed by atoms with Crippen LogP contribution in [0.4, 0.5) is 23.2 Å². The van der Waals surface area contributed by atoms with E-state index < -0.39 is 41.5 Å². The number of rotatable bonds is 5. The second-order valence-corrected chi connectivity index (χ2v) is 6.41. The van der Waals surface area contributed by atoms with Crippen molar-refractivity contribution in [1.29, 1.82) is 0 Å². The summed E-state index contributed by atoms with van der Waals surface area (Å²) in [6.07, 6.45) is -5.63. The van der Waals surface area contributed by atoms with Crippen LogP contribution in [0.3, 0.4) is 0 Å². The minimum Gasteiger partial charge on any atom is -0.481 e. The summed E-state index contributed by atoms with van der Waals surface area (Å²) in [5.41, 5.74) is -2.47. The third-order valence-corrected chi connectivity index (χ3v) is 4.26. The van der Waals surface area contributed by atoms with E-state index in [4.69, 9.17) is 4.84 Å². The number of oxime groups is 1. The van der Waals surface area contributed by atoms with Crippen molar-refractivity contribution in [2.75, 3.05) is 5.32 Å². The Balaban J connectivity index is 1.83. The predicted octanol–water partition coefficient (Wildman–Crippen LogP) is 3.82. The first-order valence-electron chi connectivity index (χ1n) is 8.31. The summed E-state index contributed by atoms with van der Waals surface area (Å²) in [4.78, 5) is 29.2. The van der Waals surface area contributed by atoms with Gasteiger partial charge in [0.05, 0.1) is 17.7 Å². The first-order chi connectivity index (χ1) is 13.6. The fourth-order valence-corrected chi connectivity index (χ4v) is 2.83. The third-order valence-electron chi connectivity index (χ3n) is 4.26. The van der Waals surface area contributed by atoms with Crippen molar-refractivity contribution in [3.05, 3.63) is 65.5 Å². The van der Waals surface area contributed by atoms with Crippen LogP contribution in [-0.4, -0.2) is 28.3 Å². The van der Waals surface area contributed by atoms with Gasteiger partial charge in [-0.15, -0.1) is 0 Å². The number of nitrogens with zero attached hydrogens (tertiary/aromatic N) is 1. The zero-order valence-electron chi connectivity index (χ0n) is 14.7. The van der Waals surface area contributed by atoms with Gasteiger partial charge in [-0.2, -0.15) is 13.2 Å². The van der Waals surface area contributed by atoms with E-state index in [1.807, 2.05) is 0 Å². The number of hydrogen-bond donors (Lipinski definition) is 2. The Morgan fingerprint density at radius 3 is 2.48 bits per heavy atom. The quantitative estimate of drug-likeness (QED) is 0.734. The molecule has 3 rings (SSSR count). The van der Waals surface area contributed by atoms with Gasteiger partial charge in [0.2, 0.25) is 5.60 Å². The number of hydrogen-bond acceptors (Lipinski definition) is 4. The van der Waals surface area contributed by atoms with Crippen molar-refractivity contribution < 1.29 is 37.1 Å². The molecule has 0 fully saturated rings. The summed E-state index contributed by atoms with van der Waals surface area (Å²) in [5, 5.41) is 15.2. The van der Waals surface area contributed by atoms with Crippen molar-refractivity contribution in [2.24, 2.45) is 5.16 Å². The fraction of sp³-hybridized carbons (Fsp3) is 0.211. The first-order valence-corrected chi connectivity index (χ1v) is 8.31. The van der Waals surface area contributed by atoms with E-state index in [2.05, 4.69) is 10.5 Å². The maximum absolute atomic E-state index is 13.1. The minimum absolute atomic E-state index is 0.173. The Bertz CT molecular complexity index is 973. The second kappa shape index (κ2) is 7.53. The van der Waals surface area contributed by atoms with Crippen LogP contribution in [0.25, 0.3) is 0 Å². The second-order valence-electron chi connectivity index (χ2n) is 6.41. The number of nitrogens with one attached hydrogen (secondary N) is 1. The molecule has 1 aliphatic heterocycles. The van der Waals surface area contributed by atoms with Gasteiger partial charge in [-0.25, -0.2) is 4.39 Å². The van der Waals surface area contributed by atoms with Crippen LogP contribution in [0, 0.1) is 5.82 Å². The van der Waals surface area contributed by atoms with Crippen LogP contribution in [0.5, 0.6) is 0 Å². The molecule has 1 unspecified atom stereocenters. The summed E-state index contributed by atoms with van der Waals surface area (Å²) in [6, 6.07) is 9.01. The number of anilines is 1. The number of aliphatic carboxylic acids is 1. The Hall–Kier alpha value is -3.43. The van der Waals surface area contributed by atoms with Crippen LogP contribution >= 0.6 is 0 Å². The normalized spacial score (nSPS) is 18.7. The van der Waals surface area contributed by atoms with Crippen LogP contribution in [-0.2, 0) is 20.6 Å². The van der Waals surface area contributed by atoms with Crippen molar-refractivity contribution in [2.45, 2.75) is 24.6 Å². The lowest BCUT2D eigenvalue weighted by Gasteiger charge is -2.23. The van der Waals surface area contributed by atoms with E-state index in [0.29, 0.717) is 5.56 Å². The molecule has 1 heterocycles. The average molecular weight is 410 g/mol. The van der Waals surface area contributed by atoms with Crippen molar-refractivity contribution in [1.82, 2.24) is 0 Å². The number of carboxylic acids is 1. The third kappa shape index (κ3) is 4.53. The molecule has 1 aliphatic rings. The van der Waals surface area contributed by atoms with Gasteiger partial charge in [0, 0.05) is 12.1 Å². The summed E-state index contributed by atoms with van der Waals surface area (Å²) < 4.78 is 51.7. The number of amides is 1. The first kappa shape index (κ1) is 20.3. The maximum atomic E-state index is 13.1. The van der Waals surface area contributed by atoms with E-state index in [9.17, 15) is 32.3 Å². The molecule has 152 valence electrons. The molecule has 2 aromatic rings. The van der Waals surface area contributed by atoms with Crippen molar-refractivity contribution in [3.63, 3.8) is 0 Å². The predicted molar refractivity (Wildman–Crippen MR) is 93.7 cm³/mol. The SMILES string of the molecule is O=C(O)CC1(C(=O)Nc2cccc(C(F)(F)F)c2)CC(c2ccc(F)cc2)=NO1. The van der Waals surface area contributed by atoms with E-state index in [1.54, 1.807) is 0 Å². The average Bonchev–Trinajstić information content (AvgIpc) is 3.06. The molecule has 0 saturated carbocycles. The summed E-state index contributed by atoms with van der Waals surface area (Å²) in [6.45, 7) is 0. The van der Waals surface area contributed by atoms with Gasteiger partial charge >= 0.3 is 12.1 Å². The number of alkyl halides is 3. The summed E-state index contributed by atoms with van der Waals surface area (Å²) in [5.74, 6) is -2.81. The number of benzene rings is 2. The molecule has 0 bridgehead atoms. The molecule has 2 aromatic carbocycles. The minimum atomic E-state index is -4.61. The zero-order valence-corrected chi connectivity index (χ0v) is 14.7. The molecule has 0 aliphatic carbocycles. The lowest BCUT2D eigenvalue weighted by Crippen LogP contribution is -2.45. The summed E-state index contributed by atoms with van der Waals surface area (Å²) in [7, 11) is 0. The lowest BCUT2D eigenvalue weighted by molar-refractivity contribution is -0.152. The Labute approximate surface area is 161 Å². The Kier molecular flexibility index (Phi) is 5.27. The van der Waals surface area contributed by atoms with Crippen LogP contribution in [0.1, 0.15) is 24.0 Å². The van der Waals surface area contributed by atoms with Crippen molar-refractivity contribution in [3.8, 4) is 0 Å². The van der Waals surface area contributed by atoms with Gasteiger partial charge in [-0.1, -0.05) is 23.4 Å². The molecule has 1 atom stereocenters. The fourth-order valence-electron chi connectivity index (χ4n) is 2.83. The Morgan fingerprint density at radius 1 is 1.17 bits per heavy atom. The van der Waals surface area contributed by atoms with E-state index >= 15 is 0 Å². The molecule has 1 amide bonds. The van der Waals surface area contributed by atoms with Gasteiger partial charge < -0.3 is 15.3 Å². The van der Waals surface area contributed by atoms with Gasteiger partial charge in [-0.05, 0) is 35.9 Å². The molecule has 0 saturated heterocycles. The van der Waals surface area contributed by atoms with Gasteiger partial charge in [0.15, 0.2) is 0 Å². The highest BCUT2D eigenvalue weighted by molar-refractivity contribution is 6.09. The highest BCUT2D eigenvalue weighted by Gasteiger charge is 2.49. The molecule has 0 spiro atoms. The number of carboxylic acid groups (broad SMARTS) is 1. The smallest absolute Gasteiger partial charge is 0.416 e. The molecule has 0 aromatic heterocycles. The van der Waals surface area contributed by atoms with Gasteiger partial charge in [-0.3, -0.25) is 9.59 Å². The van der Waals surface area contributed by atoms with Gasteiger partial charge in [0.25, 0.3) is 5.91 Å². The highest BCUT2D eigenvalue weighted by atomic mass is 19.4. The molecule has 0 radical (unpaired) electrons. The molecule has 29 heavy (non-hydrogen) atoms. The largest absolute Gasteiger partial charge is 0.481 e. The number of carbonyl (C=O) groups is 2. The maximum Gasteiger partial charge on any atom is 0.416 e. The van der Waals surface area contributed by atoms with Crippen LogP contribution < -0.4 is 5.32 Å². The molecular formula is C19H14F4N2O4. The summed E-state index contributed by atoms with van der Waals surface area (Å²) >= 11 is 0. The molecule has 6 nitrogen and oxygen atoms in total.